The molecule has 0 aromatic carbocycles. The zero-order valence-electron chi connectivity index (χ0n) is 12.2. The number of carbonyl (C=O) groups is 1. The van der Waals surface area contributed by atoms with Gasteiger partial charge in [0.25, 0.3) is 0 Å². The molecule has 0 saturated heterocycles. The number of ether oxygens (including phenoxy) is 5. The molecule has 0 bridgehead atoms. The van der Waals surface area contributed by atoms with Gasteiger partial charge in [-0.3, -0.25) is 0 Å². The lowest BCUT2D eigenvalue weighted by atomic mass is 10.3. The van der Waals surface area contributed by atoms with Gasteiger partial charge in [0.1, 0.15) is 6.61 Å². The van der Waals surface area contributed by atoms with Crippen molar-refractivity contribution in [3.8, 4) is 0 Å². The number of rotatable bonds is 12. The average molecular weight is 278 g/mol. The van der Waals surface area contributed by atoms with Crippen LogP contribution in [0.3, 0.4) is 0 Å². The van der Waals surface area contributed by atoms with Crippen molar-refractivity contribution in [3.63, 3.8) is 0 Å². The third-order valence-electron chi connectivity index (χ3n) is 2.50. The Morgan fingerprint density at radius 3 is 2.32 bits per heavy atom. The molecule has 0 spiro atoms. The molecular weight excluding hydrogens is 252 g/mol. The minimum absolute atomic E-state index is 0.159. The van der Waals surface area contributed by atoms with E-state index in [0.29, 0.717) is 26.4 Å². The maximum Gasteiger partial charge on any atom is 0.508 e. The second-order valence-corrected chi connectivity index (χ2v) is 3.99. The Morgan fingerprint density at radius 2 is 1.68 bits per heavy atom. The van der Waals surface area contributed by atoms with Crippen LogP contribution >= 0.6 is 0 Å². The van der Waals surface area contributed by atoms with E-state index >= 15 is 0 Å². The molecule has 19 heavy (non-hydrogen) atoms. The SMILES string of the molecule is CCC(COCCCCOC(=O)OCCOC)OC. The van der Waals surface area contributed by atoms with Gasteiger partial charge in [-0.25, -0.2) is 4.79 Å². The molecule has 1 unspecified atom stereocenters. The van der Waals surface area contributed by atoms with Crippen LogP contribution < -0.4 is 0 Å². The summed E-state index contributed by atoms with van der Waals surface area (Å²) in [6.07, 6.45) is 2.04. The zero-order chi connectivity index (χ0) is 14.3. The van der Waals surface area contributed by atoms with Gasteiger partial charge in [-0.1, -0.05) is 6.92 Å². The molecule has 0 aliphatic heterocycles. The molecule has 1 atom stereocenters. The smallest absolute Gasteiger partial charge is 0.434 e. The van der Waals surface area contributed by atoms with Gasteiger partial charge in [0, 0.05) is 20.8 Å². The van der Waals surface area contributed by atoms with E-state index in [1.165, 1.54) is 0 Å². The van der Waals surface area contributed by atoms with Gasteiger partial charge in [-0.15, -0.1) is 0 Å². The Balaban J connectivity index is 3.24. The third-order valence-corrected chi connectivity index (χ3v) is 2.50. The lowest BCUT2D eigenvalue weighted by molar-refractivity contribution is 0.00356. The van der Waals surface area contributed by atoms with Gasteiger partial charge < -0.3 is 23.7 Å². The zero-order valence-corrected chi connectivity index (χ0v) is 12.2. The minimum atomic E-state index is -0.650. The predicted molar refractivity (Wildman–Crippen MR) is 70.3 cm³/mol. The summed E-state index contributed by atoms with van der Waals surface area (Å²) in [6.45, 7) is 4.24. The first-order valence-corrected chi connectivity index (χ1v) is 6.63. The maximum absolute atomic E-state index is 11.0. The highest BCUT2D eigenvalue weighted by molar-refractivity contribution is 5.59. The molecule has 0 N–H and O–H groups in total. The first-order valence-electron chi connectivity index (χ1n) is 6.63. The summed E-state index contributed by atoms with van der Waals surface area (Å²) in [5.41, 5.74) is 0. The predicted octanol–water partition coefficient (Wildman–Crippen LogP) is 2.01. The van der Waals surface area contributed by atoms with Crippen molar-refractivity contribution in [1.29, 1.82) is 0 Å². The molecule has 6 heteroatoms. The van der Waals surface area contributed by atoms with Crippen LogP contribution in [0.25, 0.3) is 0 Å². The molecule has 0 heterocycles. The second-order valence-electron chi connectivity index (χ2n) is 3.99. The Morgan fingerprint density at radius 1 is 1.00 bits per heavy atom. The largest absolute Gasteiger partial charge is 0.508 e. The van der Waals surface area contributed by atoms with E-state index in [9.17, 15) is 4.79 Å². The molecule has 0 aromatic heterocycles. The molecule has 0 aromatic rings. The van der Waals surface area contributed by atoms with Crippen LogP contribution in [-0.4, -0.2) is 59.5 Å². The van der Waals surface area contributed by atoms with Crippen molar-refractivity contribution in [2.75, 3.05) is 47.3 Å². The van der Waals surface area contributed by atoms with Gasteiger partial charge in [-0.2, -0.15) is 0 Å². The van der Waals surface area contributed by atoms with E-state index in [4.69, 9.17) is 23.7 Å². The fourth-order valence-electron chi connectivity index (χ4n) is 1.28. The van der Waals surface area contributed by atoms with Gasteiger partial charge in [-0.05, 0) is 19.3 Å². The highest BCUT2D eigenvalue weighted by atomic mass is 16.7. The standard InChI is InChI=1S/C13H26O6/c1-4-12(16-3)11-17-7-5-6-8-18-13(14)19-10-9-15-2/h12H,4-11H2,1-3H3. The lowest BCUT2D eigenvalue weighted by Crippen LogP contribution is -2.17. The number of carbonyl (C=O) groups excluding carboxylic acids is 1. The first kappa shape index (κ1) is 18.1. The van der Waals surface area contributed by atoms with Crippen molar-refractivity contribution >= 4 is 6.16 Å². The van der Waals surface area contributed by atoms with Crippen LogP contribution in [0.4, 0.5) is 4.79 Å². The number of methoxy groups -OCH3 is 2. The van der Waals surface area contributed by atoms with Crippen molar-refractivity contribution < 1.29 is 28.5 Å². The summed E-state index contributed by atoms with van der Waals surface area (Å²) >= 11 is 0. The van der Waals surface area contributed by atoms with Crippen LogP contribution in [0.5, 0.6) is 0 Å². The molecule has 6 nitrogen and oxygen atoms in total. The molecule has 0 aliphatic carbocycles. The van der Waals surface area contributed by atoms with Gasteiger partial charge >= 0.3 is 6.16 Å². The molecule has 0 aliphatic rings. The summed E-state index contributed by atoms with van der Waals surface area (Å²) in [7, 11) is 3.22. The van der Waals surface area contributed by atoms with Crippen molar-refractivity contribution in [3.05, 3.63) is 0 Å². The number of hydrogen-bond donors (Lipinski definition) is 0. The summed E-state index contributed by atoms with van der Waals surface area (Å²) < 4.78 is 25.0. The second kappa shape index (κ2) is 13.6. The van der Waals surface area contributed by atoms with E-state index in [-0.39, 0.29) is 12.7 Å². The van der Waals surface area contributed by atoms with E-state index in [1.807, 2.05) is 0 Å². The van der Waals surface area contributed by atoms with Crippen LogP contribution in [0.2, 0.25) is 0 Å². The van der Waals surface area contributed by atoms with Gasteiger partial charge in [0.15, 0.2) is 0 Å². The van der Waals surface area contributed by atoms with E-state index < -0.39 is 6.16 Å². The molecule has 0 fully saturated rings. The highest BCUT2D eigenvalue weighted by Crippen LogP contribution is 1.99. The molecule has 0 amide bonds. The number of hydrogen-bond acceptors (Lipinski definition) is 6. The Hall–Kier alpha value is -0.850. The third kappa shape index (κ3) is 11.9. The maximum atomic E-state index is 11.0. The van der Waals surface area contributed by atoms with Crippen LogP contribution in [0, 0.1) is 0 Å². The van der Waals surface area contributed by atoms with Crippen LogP contribution in [0.15, 0.2) is 0 Å². The van der Waals surface area contributed by atoms with Gasteiger partial charge in [0.2, 0.25) is 0 Å². The summed E-state index contributed by atoms with van der Waals surface area (Å²) in [6, 6.07) is 0. The Kier molecular flexibility index (Phi) is 13.0. The first-order chi connectivity index (χ1) is 9.24. The highest BCUT2D eigenvalue weighted by Gasteiger charge is 2.04. The fraction of sp³-hybridized carbons (Fsp3) is 0.923. The summed E-state index contributed by atoms with van der Waals surface area (Å²) in [4.78, 5) is 11.0. The fourth-order valence-corrected chi connectivity index (χ4v) is 1.28. The molecule has 0 saturated carbocycles. The minimum Gasteiger partial charge on any atom is -0.434 e. The van der Waals surface area contributed by atoms with Gasteiger partial charge in [0.05, 0.1) is 25.9 Å². The summed E-state index contributed by atoms with van der Waals surface area (Å²) in [5, 5.41) is 0. The van der Waals surface area contributed by atoms with E-state index in [0.717, 1.165) is 19.3 Å². The molecule has 114 valence electrons. The normalized spacial score (nSPS) is 12.2. The van der Waals surface area contributed by atoms with E-state index in [1.54, 1.807) is 14.2 Å². The van der Waals surface area contributed by atoms with Crippen LogP contribution in [0.1, 0.15) is 26.2 Å². The monoisotopic (exact) mass is 278 g/mol. The lowest BCUT2D eigenvalue weighted by Gasteiger charge is -2.12. The Labute approximate surface area is 115 Å². The molecule has 0 radical (unpaired) electrons. The Bertz CT molecular complexity index is 205. The van der Waals surface area contributed by atoms with E-state index in [2.05, 4.69) is 6.92 Å². The van der Waals surface area contributed by atoms with Crippen molar-refractivity contribution in [1.82, 2.24) is 0 Å². The van der Waals surface area contributed by atoms with Crippen molar-refractivity contribution in [2.45, 2.75) is 32.3 Å². The number of unbranched alkanes of at least 4 members (excludes halogenated alkanes) is 1. The summed E-state index contributed by atoms with van der Waals surface area (Å²) in [5.74, 6) is 0. The average Bonchev–Trinajstić information content (AvgIpc) is 2.42. The van der Waals surface area contributed by atoms with Crippen molar-refractivity contribution in [2.24, 2.45) is 0 Å². The molecule has 0 rings (SSSR count). The quantitative estimate of drug-likeness (QED) is 0.402. The molecular formula is C13H26O6. The van der Waals surface area contributed by atoms with Crippen LogP contribution in [-0.2, 0) is 23.7 Å². The topological polar surface area (TPSA) is 63.2 Å².